The van der Waals surface area contributed by atoms with E-state index < -0.39 is 28.4 Å². The lowest BCUT2D eigenvalue weighted by Crippen LogP contribution is -2.37. The van der Waals surface area contributed by atoms with Crippen molar-refractivity contribution >= 4 is 44.9 Å². The largest absolute Gasteiger partial charge is 0.465 e. The topological polar surface area (TPSA) is 92.8 Å². The zero-order valence-electron chi connectivity index (χ0n) is 15.0. The summed E-state index contributed by atoms with van der Waals surface area (Å²) in [5, 5.41) is 2.73. The van der Waals surface area contributed by atoms with Gasteiger partial charge >= 0.3 is 5.97 Å². The third kappa shape index (κ3) is 5.45. The van der Waals surface area contributed by atoms with Crippen LogP contribution in [0.2, 0.25) is 5.02 Å². The number of amides is 1. The van der Waals surface area contributed by atoms with Gasteiger partial charge in [-0.3, -0.25) is 9.10 Å². The Labute approximate surface area is 162 Å². The molecule has 0 unspecified atom stereocenters. The Bertz CT molecular complexity index is 958. The van der Waals surface area contributed by atoms with Crippen LogP contribution in [0.1, 0.15) is 15.9 Å². The monoisotopic (exact) mass is 410 g/mol. The van der Waals surface area contributed by atoms with E-state index in [1.54, 1.807) is 24.3 Å². The highest BCUT2D eigenvalue weighted by molar-refractivity contribution is 7.92. The summed E-state index contributed by atoms with van der Waals surface area (Å²) in [5.41, 5.74) is 1.72. The molecule has 0 fully saturated rings. The van der Waals surface area contributed by atoms with Gasteiger partial charge in [0, 0.05) is 0 Å². The van der Waals surface area contributed by atoms with Crippen LogP contribution >= 0.6 is 11.6 Å². The van der Waals surface area contributed by atoms with Crippen LogP contribution in [0.15, 0.2) is 42.5 Å². The summed E-state index contributed by atoms with van der Waals surface area (Å²) in [4.78, 5) is 24.0. The number of anilines is 2. The molecule has 0 atom stereocenters. The van der Waals surface area contributed by atoms with Crippen LogP contribution in [0.3, 0.4) is 0 Å². The molecule has 1 N–H and O–H groups in total. The lowest BCUT2D eigenvalue weighted by Gasteiger charge is -2.22. The molecular weight excluding hydrogens is 392 g/mol. The minimum absolute atomic E-state index is 0.182. The summed E-state index contributed by atoms with van der Waals surface area (Å²) in [6.07, 6.45) is 1.02. The smallest absolute Gasteiger partial charge is 0.337 e. The van der Waals surface area contributed by atoms with Crippen molar-refractivity contribution in [2.24, 2.45) is 0 Å². The van der Waals surface area contributed by atoms with E-state index >= 15 is 0 Å². The number of hydrogen-bond donors (Lipinski definition) is 1. The number of nitrogens with one attached hydrogen (secondary N) is 1. The Hall–Kier alpha value is -2.58. The highest BCUT2D eigenvalue weighted by Crippen LogP contribution is 2.24. The van der Waals surface area contributed by atoms with Gasteiger partial charge in [-0.25, -0.2) is 13.2 Å². The summed E-state index contributed by atoms with van der Waals surface area (Å²) >= 11 is 6.05. The fraction of sp³-hybridized carbons (Fsp3) is 0.222. The van der Waals surface area contributed by atoms with Gasteiger partial charge in [0.05, 0.1) is 35.3 Å². The molecule has 0 saturated heterocycles. The van der Waals surface area contributed by atoms with Gasteiger partial charge in [0.2, 0.25) is 15.9 Å². The maximum absolute atomic E-state index is 12.4. The average Bonchev–Trinajstić information content (AvgIpc) is 2.61. The first-order valence-electron chi connectivity index (χ1n) is 7.84. The van der Waals surface area contributed by atoms with Crippen LogP contribution < -0.4 is 9.62 Å². The third-order valence-electron chi connectivity index (χ3n) is 3.67. The number of ether oxygens (including phenoxy) is 1. The second-order valence-electron chi connectivity index (χ2n) is 5.84. The van der Waals surface area contributed by atoms with Gasteiger partial charge in [0.25, 0.3) is 0 Å². The first-order valence-corrected chi connectivity index (χ1v) is 10.1. The van der Waals surface area contributed by atoms with E-state index in [-0.39, 0.29) is 16.3 Å². The molecule has 0 aliphatic carbocycles. The van der Waals surface area contributed by atoms with Crippen LogP contribution in [-0.2, 0) is 19.6 Å². The maximum Gasteiger partial charge on any atom is 0.337 e. The highest BCUT2D eigenvalue weighted by atomic mass is 35.5. The lowest BCUT2D eigenvalue weighted by atomic mass is 10.2. The quantitative estimate of drug-likeness (QED) is 0.739. The van der Waals surface area contributed by atoms with E-state index in [0.717, 1.165) is 16.1 Å². The summed E-state index contributed by atoms with van der Waals surface area (Å²) < 4.78 is 29.8. The second kappa shape index (κ2) is 8.41. The molecule has 0 aliphatic rings. The number of carbonyl (C=O) groups is 2. The van der Waals surface area contributed by atoms with Gasteiger partial charge < -0.3 is 10.1 Å². The number of carbonyl (C=O) groups excluding carboxylic acids is 2. The SMILES string of the molecule is COC(=O)c1ccc(Cl)c(NC(=O)CN(c2ccc(C)cc2)S(C)(=O)=O)c1. The van der Waals surface area contributed by atoms with Crippen LogP contribution in [0.4, 0.5) is 11.4 Å². The van der Waals surface area contributed by atoms with Crippen LogP contribution in [-0.4, -0.2) is 40.2 Å². The molecule has 2 aromatic rings. The first kappa shape index (κ1) is 20.7. The zero-order valence-corrected chi connectivity index (χ0v) is 16.6. The molecule has 1 amide bonds. The fourth-order valence-electron chi connectivity index (χ4n) is 2.30. The summed E-state index contributed by atoms with van der Waals surface area (Å²) in [6.45, 7) is 1.43. The minimum Gasteiger partial charge on any atom is -0.465 e. The number of sulfonamides is 1. The first-order chi connectivity index (χ1) is 12.6. The minimum atomic E-state index is -3.69. The predicted molar refractivity (Wildman–Crippen MR) is 105 cm³/mol. The summed E-state index contributed by atoms with van der Waals surface area (Å²) in [6, 6.07) is 11.0. The average molecular weight is 411 g/mol. The maximum atomic E-state index is 12.4. The van der Waals surface area contributed by atoms with Crippen molar-refractivity contribution in [3.63, 3.8) is 0 Å². The van der Waals surface area contributed by atoms with E-state index in [0.29, 0.717) is 5.69 Å². The third-order valence-corrected chi connectivity index (χ3v) is 5.14. The number of benzene rings is 2. The molecule has 0 heterocycles. The Morgan fingerprint density at radius 2 is 1.78 bits per heavy atom. The number of aryl methyl sites for hydroxylation is 1. The zero-order chi connectivity index (χ0) is 20.2. The molecule has 0 bridgehead atoms. The Morgan fingerprint density at radius 1 is 1.15 bits per heavy atom. The molecule has 9 heteroatoms. The van der Waals surface area contributed by atoms with E-state index in [1.165, 1.54) is 25.3 Å². The van der Waals surface area contributed by atoms with E-state index in [1.807, 2.05) is 6.92 Å². The van der Waals surface area contributed by atoms with Gasteiger partial charge in [-0.1, -0.05) is 29.3 Å². The summed E-state index contributed by atoms with van der Waals surface area (Å²) in [7, 11) is -2.45. The van der Waals surface area contributed by atoms with Crippen molar-refractivity contribution in [1.82, 2.24) is 0 Å². The predicted octanol–water partition coefficient (Wildman–Crippen LogP) is 2.84. The Balaban J connectivity index is 2.24. The lowest BCUT2D eigenvalue weighted by molar-refractivity contribution is -0.114. The van der Waals surface area contributed by atoms with Gasteiger partial charge in [-0.2, -0.15) is 0 Å². The molecule has 2 aromatic carbocycles. The van der Waals surface area contributed by atoms with Crippen LogP contribution in [0.5, 0.6) is 0 Å². The molecule has 0 aromatic heterocycles. The number of nitrogens with zero attached hydrogens (tertiary/aromatic N) is 1. The molecule has 0 spiro atoms. The number of hydrogen-bond acceptors (Lipinski definition) is 5. The number of halogens is 1. The molecule has 7 nitrogen and oxygen atoms in total. The number of esters is 1. The Kier molecular flexibility index (Phi) is 6.45. The number of rotatable bonds is 6. The molecule has 0 radical (unpaired) electrons. The van der Waals surface area contributed by atoms with Gasteiger partial charge in [0.1, 0.15) is 6.54 Å². The Morgan fingerprint density at radius 3 is 2.33 bits per heavy atom. The standard InChI is InChI=1S/C18H19ClN2O5S/c1-12-4-7-14(8-5-12)21(27(3,24)25)11-17(22)20-16-10-13(18(23)26-2)6-9-15(16)19/h4-10H,11H2,1-3H3,(H,20,22). The highest BCUT2D eigenvalue weighted by Gasteiger charge is 2.21. The molecule has 0 aliphatic heterocycles. The van der Waals surface area contributed by atoms with Gasteiger partial charge in [-0.15, -0.1) is 0 Å². The summed E-state index contributed by atoms with van der Waals surface area (Å²) in [5.74, 6) is -1.19. The van der Waals surface area contributed by atoms with Gasteiger partial charge in [0.15, 0.2) is 0 Å². The van der Waals surface area contributed by atoms with E-state index in [2.05, 4.69) is 10.1 Å². The van der Waals surface area contributed by atoms with Crippen molar-refractivity contribution in [2.45, 2.75) is 6.92 Å². The van der Waals surface area contributed by atoms with Crippen LogP contribution in [0.25, 0.3) is 0 Å². The van der Waals surface area contributed by atoms with Crippen molar-refractivity contribution < 1.29 is 22.7 Å². The van der Waals surface area contributed by atoms with Gasteiger partial charge in [-0.05, 0) is 37.3 Å². The van der Waals surface area contributed by atoms with Crippen LogP contribution in [0, 0.1) is 6.92 Å². The van der Waals surface area contributed by atoms with E-state index in [9.17, 15) is 18.0 Å². The normalized spacial score (nSPS) is 11.0. The molecular formula is C18H19ClN2O5S. The second-order valence-corrected chi connectivity index (χ2v) is 8.15. The molecule has 144 valence electrons. The molecule has 2 rings (SSSR count). The van der Waals surface area contributed by atoms with E-state index in [4.69, 9.17) is 11.6 Å². The number of methoxy groups -OCH3 is 1. The van der Waals surface area contributed by atoms with Crippen molar-refractivity contribution in [2.75, 3.05) is 29.5 Å². The fourth-order valence-corrected chi connectivity index (χ4v) is 3.32. The van der Waals surface area contributed by atoms with Crippen molar-refractivity contribution in [3.05, 3.63) is 58.6 Å². The molecule has 0 saturated carbocycles. The van der Waals surface area contributed by atoms with Crippen molar-refractivity contribution in [1.29, 1.82) is 0 Å². The molecule has 27 heavy (non-hydrogen) atoms. The van der Waals surface area contributed by atoms with Crippen molar-refractivity contribution in [3.8, 4) is 0 Å².